The van der Waals surface area contributed by atoms with Crippen LogP contribution in [0.1, 0.15) is 30.8 Å². The molecule has 0 spiro atoms. The Morgan fingerprint density at radius 1 is 1.33 bits per heavy atom. The van der Waals surface area contributed by atoms with E-state index < -0.39 is 0 Å². The third-order valence-corrected chi connectivity index (χ3v) is 3.74. The Balaban J connectivity index is 1.61. The highest BCUT2D eigenvalue weighted by atomic mass is 16.5. The van der Waals surface area contributed by atoms with Crippen molar-refractivity contribution in [2.24, 2.45) is 0 Å². The van der Waals surface area contributed by atoms with Crippen LogP contribution in [0.25, 0.3) is 11.4 Å². The predicted octanol–water partition coefficient (Wildman–Crippen LogP) is 2.51. The van der Waals surface area contributed by atoms with Crippen LogP contribution in [0.5, 0.6) is 0 Å². The van der Waals surface area contributed by atoms with Gasteiger partial charge in [0, 0.05) is 31.4 Å². The summed E-state index contributed by atoms with van der Waals surface area (Å²) in [7, 11) is 0. The second-order valence-electron chi connectivity index (χ2n) is 5.46. The van der Waals surface area contributed by atoms with Crippen LogP contribution in [-0.4, -0.2) is 25.8 Å². The van der Waals surface area contributed by atoms with E-state index in [1.54, 1.807) is 24.0 Å². The second kappa shape index (κ2) is 7.08. The Morgan fingerprint density at radius 2 is 2.12 bits per heavy atom. The van der Waals surface area contributed by atoms with Crippen molar-refractivity contribution in [2.75, 3.05) is 0 Å². The first-order valence-corrected chi connectivity index (χ1v) is 7.84. The van der Waals surface area contributed by atoms with E-state index in [-0.39, 0.29) is 11.9 Å². The number of nitrogens with zero attached hydrogens (tertiary/aromatic N) is 4. The standard InChI is InChI=1S/C17H19N5O2/c1-3-15(22-10-4-9-19-22)17(23)18-11-13-5-7-14(8-6-13)16-20-12(2)24-21-16/h4-10,15H,3,11H2,1-2H3,(H,18,23)/t15-/m1/s1. The topological polar surface area (TPSA) is 85.8 Å². The number of carbonyl (C=O) groups is 1. The summed E-state index contributed by atoms with van der Waals surface area (Å²) < 4.78 is 6.65. The van der Waals surface area contributed by atoms with Gasteiger partial charge in [0.25, 0.3) is 0 Å². The van der Waals surface area contributed by atoms with Gasteiger partial charge in [-0.1, -0.05) is 36.3 Å². The van der Waals surface area contributed by atoms with E-state index in [2.05, 4.69) is 20.6 Å². The molecule has 1 amide bonds. The van der Waals surface area contributed by atoms with Gasteiger partial charge in [-0.05, 0) is 18.1 Å². The molecule has 0 aliphatic carbocycles. The molecule has 124 valence electrons. The monoisotopic (exact) mass is 325 g/mol. The van der Waals surface area contributed by atoms with Crippen LogP contribution < -0.4 is 5.32 Å². The molecule has 7 nitrogen and oxygen atoms in total. The molecule has 0 saturated heterocycles. The molecule has 7 heteroatoms. The Morgan fingerprint density at radius 3 is 2.71 bits per heavy atom. The SMILES string of the molecule is CC[C@H](C(=O)NCc1ccc(-c2noc(C)n2)cc1)n1cccn1. The van der Waals surface area contributed by atoms with Crippen LogP contribution in [0.4, 0.5) is 0 Å². The van der Waals surface area contributed by atoms with Gasteiger partial charge in [0.2, 0.25) is 17.6 Å². The summed E-state index contributed by atoms with van der Waals surface area (Å²) in [5.41, 5.74) is 1.88. The molecular weight excluding hydrogens is 306 g/mol. The van der Waals surface area contributed by atoms with Crippen molar-refractivity contribution in [3.63, 3.8) is 0 Å². The van der Waals surface area contributed by atoms with Gasteiger partial charge in [0.15, 0.2) is 0 Å². The average Bonchev–Trinajstić information content (AvgIpc) is 3.26. The molecule has 0 aliphatic rings. The molecular formula is C17H19N5O2. The number of rotatable bonds is 6. The molecule has 1 aromatic carbocycles. The van der Waals surface area contributed by atoms with Crippen LogP contribution in [-0.2, 0) is 11.3 Å². The largest absolute Gasteiger partial charge is 0.350 e. The Labute approximate surface area is 139 Å². The van der Waals surface area contributed by atoms with E-state index >= 15 is 0 Å². The van der Waals surface area contributed by atoms with Crippen LogP contribution >= 0.6 is 0 Å². The maximum absolute atomic E-state index is 12.3. The van der Waals surface area contributed by atoms with Crippen LogP contribution in [0.15, 0.2) is 47.2 Å². The molecule has 0 bridgehead atoms. The number of hydrogen-bond acceptors (Lipinski definition) is 5. The number of amides is 1. The maximum atomic E-state index is 12.3. The average molecular weight is 325 g/mol. The first-order valence-electron chi connectivity index (χ1n) is 7.84. The van der Waals surface area contributed by atoms with Gasteiger partial charge in [0.1, 0.15) is 6.04 Å². The highest BCUT2D eigenvalue weighted by Gasteiger charge is 2.18. The zero-order chi connectivity index (χ0) is 16.9. The molecule has 1 N–H and O–H groups in total. The van der Waals surface area contributed by atoms with Gasteiger partial charge in [-0.15, -0.1) is 0 Å². The van der Waals surface area contributed by atoms with Gasteiger partial charge in [0.05, 0.1) is 0 Å². The summed E-state index contributed by atoms with van der Waals surface area (Å²) in [5, 5.41) is 11.0. The molecule has 3 aromatic rings. The number of aromatic nitrogens is 4. The molecule has 3 rings (SSSR count). The minimum atomic E-state index is -0.290. The minimum absolute atomic E-state index is 0.0425. The lowest BCUT2D eigenvalue weighted by atomic mass is 10.1. The Hall–Kier alpha value is -2.96. The van der Waals surface area contributed by atoms with Gasteiger partial charge in [-0.25, -0.2) is 0 Å². The molecule has 0 radical (unpaired) electrons. The van der Waals surface area contributed by atoms with E-state index in [0.717, 1.165) is 11.1 Å². The summed E-state index contributed by atoms with van der Waals surface area (Å²) in [6, 6.07) is 9.23. The highest BCUT2D eigenvalue weighted by molar-refractivity contribution is 5.80. The normalized spacial score (nSPS) is 12.1. The van der Waals surface area contributed by atoms with E-state index in [1.165, 1.54) is 0 Å². The second-order valence-corrected chi connectivity index (χ2v) is 5.46. The van der Waals surface area contributed by atoms with Crippen molar-refractivity contribution in [1.29, 1.82) is 0 Å². The van der Waals surface area contributed by atoms with Crippen LogP contribution in [0.3, 0.4) is 0 Å². The first kappa shape index (κ1) is 15.9. The van der Waals surface area contributed by atoms with E-state index in [4.69, 9.17) is 4.52 Å². The summed E-state index contributed by atoms with van der Waals surface area (Å²) in [6.45, 7) is 4.18. The fourth-order valence-corrected chi connectivity index (χ4v) is 2.45. The number of aryl methyl sites for hydroxylation is 1. The quantitative estimate of drug-likeness (QED) is 0.752. The first-order chi connectivity index (χ1) is 11.7. The Kier molecular flexibility index (Phi) is 4.69. The smallest absolute Gasteiger partial charge is 0.245 e. The molecule has 2 aromatic heterocycles. The fraction of sp³-hybridized carbons (Fsp3) is 0.294. The van der Waals surface area contributed by atoms with Crippen molar-refractivity contribution in [3.8, 4) is 11.4 Å². The summed E-state index contributed by atoms with van der Waals surface area (Å²) >= 11 is 0. The van der Waals surface area contributed by atoms with Crippen molar-refractivity contribution < 1.29 is 9.32 Å². The number of benzene rings is 1. The number of hydrogen-bond donors (Lipinski definition) is 1. The number of nitrogens with one attached hydrogen (secondary N) is 1. The minimum Gasteiger partial charge on any atom is -0.350 e. The predicted molar refractivity (Wildman–Crippen MR) is 87.9 cm³/mol. The molecule has 0 saturated carbocycles. The van der Waals surface area contributed by atoms with E-state index in [1.807, 2.05) is 37.3 Å². The van der Waals surface area contributed by atoms with Gasteiger partial charge < -0.3 is 9.84 Å². The lowest BCUT2D eigenvalue weighted by Crippen LogP contribution is -2.32. The summed E-state index contributed by atoms with van der Waals surface area (Å²) in [4.78, 5) is 16.5. The molecule has 0 fully saturated rings. The lowest BCUT2D eigenvalue weighted by Gasteiger charge is -2.15. The van der Waals surface area contributed by atoms with Gasteiger partial charge >= 0.3 is 0 Å². The molecule has 0 aliphatic heterocycles. The van der Waals surface area contributed by atoms with Crippen molar-refractivity contribution in [2.45, 2.75) is 32.9 Å². The maximum Gasteiger partial charge on any atom is 0.245 e. The molecule has 1 atom stereocenters. The lowest BCUT2D eigenvalue weighted by molar-refractivity contribution is -0.124. The zero-order valence-electron chi connectivity index (χ0n) is 13.6. The summed E-state index contributed by atoms with van der Waals surface area (Å²) in [6.07, 6.45) is 4.16. The fourth-order valence-electron chi connectivity index (χ4n) is 2.45. The van der Waals surface area contributed by atoms with Crippen molar-refractivity contribution in [3.05, 3.63) is 54.2 Å². The van der Waals surface area contributed by atoms with Crippen LogP contribution in [0, 0.1) is 6.92 Å². The molecule has 24 heavy (non-hydrogen) atoms. The summed E-state index contributed by atoms with van der Waals surface area (Å²) in [5.74, 6) is 1.05. The van der Waals surface area contributed by atoms with E-state index in [9.17, 15) is 4.79 Å². The molecule has 2 heterocycles. The van der Waals surface area contributed by atoms with Gasteiger partial charge in [-0.3, -0.25) is 9.48 Å². The van der Waals surface area contributed by atoms with Crippen molar-refractivity contribution >= 4 is 5.91 Å². The van der Waals surface area contributed by atoms with E-state index in [0.29, 0.717) is 24.7 Å². The van der Waals surface area contributed by atoms with Crippen LogP contribution in [0.2, 0.25) is 0 Å². The number of carbonyl (C=O) groups excluding carboxylic acids is 1. The third-order valence-electron chi connectivity index (χ3n) is 3.74. The molecule has 0 unspecified atom stereocenters. The van der Waals surface area contributed by atoms with Gasteiger partial charge in [-0.2, -0.15) is 10.1 Å². The Bertz CT molecular complexity index is 793. The van der Waals surface area contributed by atoms with Crippen molar-refractivity contribution in [1.82, 2.24) is 25.2 Å². The zero-order valence-corrected chi connectivity index (χ0v) is 13.6. The highest BCUT2D eigenvalue weighted by Crippen LogP contribution is 2.16. The third kappa shape index (κ3) is 3.51.